The molecule has 0 fully saturated rings. The van der Waals surface area contributed by atoms with Gasteiger partial charge in [-0.1, -0.05) is 42.0 Å². The fourth-order valence-electron chi connectivity index (χ4n) is 1.79. The van der Waals surface area contributed by atoms with Crippen molar-refractivity contribution in [1.82, 2.24) is 0 Å². The van der Waals surface area contributed by atoms with Crippen LogP contribution >= 0.6 is 0 Å². The first-order valence-electron chi connectivity index (χ1n) is 6.40. The quantitative estimate of drug-likeness (QED) is 0.479. The molecule has 0 amide bonds. The summed E-state index contributed by atoms with van der Waals surface area (Å²) in [5, 5.41) is 12.2. The standard InChI is InChI=1S/C16H15NO3S/c1-13-5-7-15(8-6-13)12-21(20)10-9-14-3-2-4-16(11-14)17(18)19/h2-11H,12H2,1H3. The summed E-state index contributed by atoms with van der Waals surface area (Å²) in [5.74, 6) is 0.436. The van der Waals surface area contributed by atoms with Crippen LogP contribution in [0.15, 0.2) is 53.9 Å². The van der Waals surface area contributed by atoms with Crippen LogP contribution < -0.4 is 0 Å². The Morgan fingerprint density at radius 1 is 1.19 bits per heavy atom. The summed E-state index contributed by atoms with van der Waals surface area (Å²) in [5.41, 5.74) is 2.86. The van der Waals surface area contributed by atoms with Gasteiger partial charge in [0, 0.05) is 17.7 Å². The summed E-state index contributed by atoms with van der Waals surface area (Å²) in [6.07, 6.45) is 1.65. The van der Waals surface area contributed by atoms with E-state index in [4.69, 9.17) is 0 Å². The van der Waals surface area contributed by atoms with Crippen LogP contribution in [-0.4, -0.2) is 9.48 Å². The lowest BCUT2D eigenvalue weighted by molar-refractivity contribution is -0.384. The Balaban J connectivity index is 2.01. The van der Waals surface area contributed by atoms with E-state index in [1.165, 1.54) is 12.1 Å². The second kappa shape index (κ2) is 7.06. The molecule has 0 saturated heterocycles. The Morgan fingerprint density at radius 2 is 1.90 bits per heavy atom. The molecule has 0 bridgehead atoms. The fourth-order valence-corrected chi connectivity index (χ4v) is 2.72. The van der Waals surface area contributed by atoms with Gasteiger partial charge in [0.05, 0.1) is 4.92 Å². The number of non-ortho nitro benzene ring substituents is 1. The van der Waals surface area contributed by atoms with Crippen LogP contribution in [0, 0.1) is 17.0 Å². The monoisotopic (exact) mass is 301 g/mol. The van der Waals surface area contributed by atoms with Gasteiger partial charge in [0.15, 0.2) is 0 Å². The molecule has 0 saturated carbocycles. The average molecular weight is 301 g/mol. The number of hydrogen-bond acceptors (Lipinski definition) is 3. The summed E-state index contributed by atoms with van der Waals surface area (Å²) in [6, 6.07) is 14.1. The SMILES string of the molecule is Cc1ccc(C[S+]([O-])C=Cc2cccc([N+](=O)[O-])c2)cc1. The lowest BCUT2D eigenvalue weighted by Gasteiger charge is -2.06. The van der Waals surface area contributed by atoms with Gasteiger partial charge in [-0.25, -0.2) is 0 Å². The van der Waals surface area contributed by atoms with Gasteiger partial charge < -0.3 is 4.55 Å². The third kappa shape index (κ3) is 4.73. The van der Waals surface area contributed by atoms with Gasteiger partial charge in [0.1, 0.15) is 11.2 Å². The van der Waals surface area contributed by atoms with Crippen molar-refractivity contribution in [2.24, 2.45) is 0 Å². The summed E-state index contributed by atoms with van der Waals surface area (Å²) in [7, 11) is 0. The average Bonchev–Trinajstić information content (AvgIpc) is 2.48. The van der Waals surface area contributed by atoms with Crippen molar-refractivity contribution in [3.8, 4) is 0 Å². The van der Waals surface area contributed by atoms with E-state index in [1.54, 1.807) is 23.6 Å². The number of nitro benzene ring substituents is 1. The van der Waals surface area contributed by atoms with Crippen molar-refractivity contribution in [2.45, 2.75) is 12.7 Å². The fraction of sp³-hybridized carbons (Fsp3) is 0.125. The molecule has 1 unspecified atom stereocenters. The van der Waals surface area contributed by atoms with E-state index in [-0.39, 0.29) is 5.69 Å². The van der Waals surface area contributed by atoms with Gasteiger partial charge in [0.2, 0.25) is 0 Å². The van der Waals surface area contributed by atoms with E-state index in [2.05, 4.69) is 0 Å². The molecule has 2 aromatic rings. The predicted octanol–water partition coefficient (Wildman–Crippen LogP) is 3.82. The number of aryl methyl sites for hydroxylation is 1. The first-order chi connectivity index (χ1) is 10.0. The number of hydrogen-bond donors (Lipinski definition) is 0. The molecule has 0 heterocycles. The molecule has 0 aliphatic heterocycles. The van der Waals surface area contributed by atoms with Crippen LogP contribution in [0.1, 0.15) is 16.7 Å². The van der Waals surface area contributed by atoms with Gasteiger partial charge >= 0.3 is 0 Å². The number of nitro groups is 1. The Bertz CT molecular complexity index is 653. The third-order valence-electron chi connectivity index (χ3n) is 2.92. The summed E-state index contributed by atoms with van der Waals surface area (Å²) >= 11 is -1.15. The van der Waals surface area contributed by atoms with Crippen molar-refractivity contribution in [3.05, 3.63) is 80.7 Å². The molecule has 0 N–H and O–H groups in total. The zero-order chi connectivity index (χ0) is 15.2. The predicted molar refractivity (Wildman–Crippen MR) is 85.2 cm³/mol. The highest BCUT2D eigenvalue weighted by Gasteiger charge is 2.06. The van der Waals surface area contributed by atoms with Crippen molar-refractivity contribution < 1.29 is 9.48 Å². The summed E-state index contributed by atoms with van der Waals surface area (Å²) in [4.78, 5) is 10.2. The van der Waals surface area contributed by atoms with E-state index < -0.39 is 16.1 Å². The number of nitrogens with zero attached hydrogens (tertiary/aromatic N) is 1. The second-order valence-electron chi connectivity index (χ2n) is 4.67. The molecular weight excluding hydrogens is 286 g/mol. The third-order valence-corrected chi connectivity index (χ3v) is 3.98. The normalized spacial score (nSPS) is 12.5. The molecule has 4 nitrogen and oxygen atoms in total. The van der Waals surface area contributed by atoms with Crippen LogP contribution in [0.25, 0.3) is 6.08 Å². The van der Waals surface area contributed by atoms with E-state index in [9.17, 15) is 14.7 Å². The molecule has 5 heteroatoms. The molecule has 21 heavy (non-hydrogen) atoms. The summed E-state index contributed by atoms with van der Waals surface area (Å²) < 4.78 is 12.0. The van der Waals surface area contributed by atoms with Gasteiger partial charge in [-0.2, -0.15) is 0 Å². The number of benzene rings is 2. The molecule has 0 aliphatic carbocycles. The van der Waals surface area contributed by atoms with Crippen molar-refractivity contribution in [2.75, 3.05) is 0 Å². The van der Waals surface area contributed by atoms with Crippen molar-refractivity contribution in [3.63, 3.8) is 0 Å². The highest BCUT2D eigenvalue weighted by atomic mass is 32.2. The van der Waals surface area contributed by atoms with Gasteiger partial charge in [-0.05, 0) is 29.7 Å². The molecule has 2 rings (SSSR count). The lowest BCUT2D eigenvalue weighted by atomic mass is 10.2. The number of rotatable bonds is 5. The Labute approximate surface area is 126 Å². The minimum Gasteiger partial charge on any atom is -0.612 e. The minimum atomic E-state index is -1.15. The van der Waals surface area contributed by atoms with Crippen LogP contribution in [0.5, 0.6) is 0 Å². The van der Waals surface area contributed by atoms with Gasteiger partial charge in [0.25, 0.3) is 5.69 Å². The molecular formula is C16H15NO3S. The molecule has 2 aromatic carbocycles. The Hall–Kier alpha value is -2.11. The largest absolute Gasteiger partial charge is 0.612 e. The maximum absolute atomic E-state index is 12.0. The Morgan fingerprint density at radius 3 is 2.57 bits per heavy atom. The van der Waals surface area contributed by atoms with E-state index >= 15 is 0 Å². The van der Waals surface area contributed by atoms with E-state index in [0.29, 0.717) is 11.3 Å². The zero-order valence-electron chi connectivity index (χ0n) is 11.6. The maximum Gasteiger partial charge on any atom is 0.270 e. The van der Waals surface area contributed by atoms with Gasteiger partial charge in [-0.15, -0.1) is 0 Å². The summed E-state index contributed by atoms with van der Waals surface area (Å²) in [6.45, 7) is 2.00. The van der Waals surface area contributed by atoms with Crippen LogP contribution in [0.3, 0.4) is 0 Å². The molecule has 108 valence electrons. The van der Waals surface area contributed by atoms with Crippen LogP contribution in [0.2, 0.25) is 0 Å². The van der Waals surface area contributed by atoms with Crippen LogP contribution in [-0.2, 0) is 16.9 Å². The molecule has 0 aliphatic rings. The first kappa shape index (κ1) is 15.3. The van der Waals surface area contributed by atoms with E-state index in [0.717, 1.165) is 11.1 Å². The second-order valence-corrected chi connectivity index (χ2v) is 5.99. The minimum absolute atomic E-state index is 0.0291. The molecule has 0 spiro atoms. The highest BCUT2D eigenvalue weighted by molar-refractivity contribution is 7.93. The molecule has 1 atom stereocenters. The Kier molecular flexibility index (Phi) is 5.14. The molecule has 0 radical (unpaired) electrons. The van der Waals surface area contributed by atoms with Gasteiger partial charge in [-0.3, -0.25) is 10.1 Å². The van der Waals surface area contributed by atoms with Crippen LogP contribution in [0.4, 0.5) is 5.69 Å². The topological polar surface area (TPSA) is 66.2 Å². The smallest absolute Gasteiger partial charge is 0.270 e. The first-order valence-corrected chi connectivity index (χ1v) is 7.78. The molecule has 0 aromatic heterocycles. The maximum atomic E-state index is 12.0. The van der Waals surface area contributed by atoms with Crippen molar-refractivity contribution >= 4 is 22.9 Å². The van der Waals surface area contributed by atoms with Crippen molar-refractivity contribution in [1.29, 1.82) is 0 Å². The highest BCUT2D eigenvalue weighted by Crippen LogP contribution is 2.16. The lowest BCUT2D eigenvalue weighted by Crippen LogP contribution is -1.99. The van der Waals surface area contributed by atoms with E-state index in [1.807, 2.05) is 31.2 Å². The zero-order valence-corrected chi connectivity index (χ0v) is 12.4.